The number of aryl methyl sites for hydroxylation is 1. The molecule has 1 aliphatic carbocycles. The summed E-state index contributed by atoms with van der Waals surface area (Å²) in [5.41, 5.74) is 1.45. The second kappa shape index (κ2) is 11.0. The Labute approximate surface area is 197 Å². The first-order chi connectivity index (χ1) is 15.8. The van der Waals surface area contributed by atoms with Gasteiger partial charge in [0, 0.05) is 19.2 Å². The van der Waals surface area contributed by atoms with Gasteiger partial charge in [0.05, 0.1) is 30.4 Å². The zero-order valence-corrected chi connectivity index (χ0v) is 20.7. The number of anilines is 1. The van der Waals surface area contributed by atoms with Gasteiger partial charge in [0.25, 0.3) is 15.9 Å². The standard InChI is InChI=1S/C25H34N2O5S/c1-18-13-14-20(33(29,30)27(3)22-10-6-8-12-24(22)31-4)17-21(18)25(28)26-15-16-32-23-11-7-5-9-19(23)2/h6,8,10,12-14,17,19,23H,5,7,9,11,15-16H2,1-4H3,(H,26,28). The second-order valence-electron chi connectivity index (χ2n) is 8.55. The van der Waals surface area contributed by atoms with Crippen molar-refractivity contribution in [2.75, 3.05) is 31.6 Å². The Morgan fingerprint density at radius 2 is 1.88 bits per heavy atom. The molecule has 2 aromatic carbocycles. The van der Waals surface area contributed by atoms with Crippen molar-refractivity contribution in [1.29, 1.82) is 0 Å². The molecule has 0 bridgehead atoms. The number of nitrogens with one attached hydrogen (secondary N) is 1. The van der Waals surface area contributed by atoms with Crippen LogP contribution in [0.25, 0.3) is 0 Å². The Balaban J connectivity index is 1.69. The van der Waals surface area contributed by atoms with Crippen LogP contribution in [0.2, 0.25) is 0 Å². The van der Waals surface area contributed by atoms with Gasteiger partial charge in [0.1, 0.15) is 5.75 Å². The van der Waals surface area contributed by atoms with E-state index in [9.17, 15) is 13.2 Å². The molecule has 0 aromatic heterocycles. The van der Waals surface area contributed by atoms with Gasteiger partial charge in [-0.25, -0.2) is 8.42 Å². The number of amides is 1. The number of ether oxygens (including phenoxy) is 2. The van der Waals surface area contributed by atoms with Crippen molar-refractivity contribution in [2.24, 2.45) is 5.92 Å². The Bertz CT molecular complexity index is 1070. The molecule has 2 atom stereocenters. The number of hydrogen-bond acceptors (Lipinski definition) is 5. The van der Waals surface area contributed by atoms with E-state index in [-0.39, 0.29) is 16.9 Å². The van der Waals surface area contributed by atoms with Crippen molar-refractivity contribution in [3.8, 4) is 5.75 Å². The number of hydrogen-bond donors (Lipinski definition) is 1. The highest BCUT2D eigenvalue weighted by atomic mass is 32.2. The van der Waals surface area contributed by atoms with Crippen LogP contribution in [0.3, 0.4) is 0 Å². The van der Waals surface area contributed by atoms with Crippen molar-refractivity contribution in [2.45, 2.75) is 50.5 Å². The monoisotopic (exact) mass is 474 g/mol. The molecule has 3 rings (SSSR count). The first kappa shape index (κ1) is 25.1. The molecule has 0 heterocycles. The predicted molar refractivity (Wildman–Crippen MR) is 129 cm³/mol. The van der Waals surface area contributed by atoms with Crippen LogP contribution in [-0.2, 0) is 14.8 Å². The predicted octanol–water partition coefficient (Wildman–Crippen LogP) is 4.15. The van der Waals surface area contributed by atoms with Gasteiger partial charge in [-0.05, 0) is 55.5 Å². The highest BCUT2D eigenvalue weighted by Gasteiger charge is 2.25. The summed E-state index contributed by atoms with van der Waals surface area (Å²) in [4.78, 5) is 12.8. The third-order valence-corrected chi connectivity index (χ3v) is 8.06. The van der Waals surface area contributed by atoms with Gasteiger partial charge in [-0.15, -0.1) is 0 Å². The van der Waals surface area contributed by atoms with Crippen LogP contribution in [0, 0.1) is 12.8 Å². The lowest BCUT2D eigenvalue weighted by molar-refractivity contribution is -0.00294. The first-order valence-corrected chi connectivity index (χ1v) is 12.8. The highest BCUT2D eigenvalue weighted by molar-refractivity contribution is 7.92. The summed E-state index contributed by atoms with van der Waals surface area (Å²) < 4.78 is 39.0. The molecule has 0 aliphatic heterocycles. The van der Waals surface area contributed by atoms with Crippen LogP contribution in [0.15, 0.2) is 47.4 Å². The third-order valence-electron chi connectivity index (χ3n) is 6.29. The van der Waals surface area contributed by atoms with Gasteiger partial charge >= 0.3 is 0 Å². The maximum atomic E-state index is 13.3. The number of benzene rings is 2. The average Bonchev–Trinajstić information content (AvgIpc) is 2.82. The molecule has 1 fully saturated rings. The number of sulfonamides is 1. The number of nitrogens with zero attached hydrogens (tertiary/aromatic N) is 1. The third kappa shape index (κ3) is 5.86. The number of rotatable bonds is 9. The lowest BCUT2D eigenvalue weighted by Crippen LogP contribution is -2.32. The van der Waals surface area contributed by atoms with Crippen molar-refractivity contribution in [3.05, 3.63) is 53.6 Å². The number of methoxy groups -OCH3 is 1. The SMILES string of the molecule is COc1ccccc1N(C)S(=O)(=O)c1ccc(C)c(C(=O)NCCOC2CCCCC2C)c1. The summed E-state index contributed by atoms with van der Waals surface area (Å²) in [6, 6.07) is 11.5. The minimum Gasteiger partial charge on any atom is -0.495 e. The fraction of sp³-hybridized carbons (Fsp3) is 0.480. The lowest BCUT2D eigenvalue weighted by atomic mass is 9.88. The molecule has 1 amide bonds. The fourth-order valence-corrected chi connectivity index (χ4v) is 5.42. The van der Waals surface area contributed by atoms with E-state index in [1.165, 1.54) is 45.6 Å². The maximum absolute atomic E-state index is 13.3. The van der Waals surface area contributed by atoms with Crippen LogP contribution in [0.4, 0.5) is 5.69 Å². The molecule has 2 aromatic rings. The molecule has 180 valence electrons. The molecule has 33 heavy (non-hydrogen) atoms. The van der Waals surface area contributed by atoms with Crippen LogP contribution in [0.5, 0.6) is 5.75 Å². The van der Waals surface area contributed by atoms with Gasteiger partial charge in [-0.2, -0.15) is 0 Å². The van der Waals surface area contributed by atoms with Crippen molar-refractivity contribution in [1.82, 2.24) is 5.32 Å². The largest absolute Gasteiger partial charge is 0.495 e. The van der Waals surface area contributed by atoms with Crippen LogP contribution in [-0.4, -0.2) is 47.7 Å². The van der Waals surface area contributed by atoms with Gasteiger partial charge in [0.2, 0.25) is 0 Å². The van der Waals surface area contributed by atoms with E-state index in [2.05, 4.69) is 12.2 Å². The molecule has 0 radical (unpaired) electrons. The summed E-state index contributed by atoms with van der Waals surface area (Å²) in [7, 11) is -0.934. The quantitative estimate of drug-likeness (QED) is 0.552. The molecule has 2 unspecified atom stereocenters. The summed E-state index contributed by atoms with van der Waals surface area (Å²) in [5.74, 6) is 0.671. The molecule has 0 saturated heterocycles. The zero-order valence-electron chi connectivity index (χ0n) is 19.8. The maximum Gasteiger partial charge on any atom is 0.264 e. The smallest absolute Gasteiger partial charge is 0.264 e. The van der Waals surface area contributed by atoms with Crippen molar-refractivity contribution >= 4 is 21.6 Å². The summed E-state index contributed by atoms with van der Waals surface area (Å²) in [6.07, 6.45) is 4.93. The minimum absolute atomic E-state index is 0.0407. The Morgan fingerprint density at radius 3 is 2.61 bits per heavy atom. The Kier molecular flexibility index (Phi) is 8.37. The summed E-state index contributed by atoms with van der Waals surface area (Å²) in [6.45, 7) is 4.81. The van der Waals surface area contributed by atoms with Gasteiger partial charge < -0.3 is 14.8 Å². The van der Waals surface area contributed by atoms with E-state index >= 15 is 0 Å². The van der Waals surface area contributed by atoms with Crippen LogP contribution >= 0.6 is 0 Å². The summed E-state index contributed by atoms with van der Waals surface area (Å²) >= 11 is 0. The Morgan fingerprint density at radius 1 is 1.15 bits per heavy atom. The van der Waals surface area contributed by atoms with Crippen LogP contribution in [0.1, 0.15) is 48.5 Å². The first-order valence-electron chi connectivity index (χ1n) is 11.4. The van der Waals surface area contributed by atoms with Gasteiger partial charge in [-0.3, -0.25) is 9.10 Å². The molecular weight excluding hydrogens is 440 g/mol. The normalized spacial score (nSPS) is 18.5. The Hall–Kier alpha value is -2.58. The molecule has 1 aliphatic rings. The lowest BCUT2D eigenvalue weighted by Gasteiger charge is -2.28. The molecular formula is C25H34N2O5S. The van der Waals surface area contributed by atoms with E-state index in [0.29, 0.717) is 41.6 Å². The molecule has 8 heteroatoms. The van der Waals surface area contributed by atoms with Crippen LogP contribution < -0.4 is 14.4 Å². The van der Waals surface area contributed by atoms with E-state index in [1.807, 2.05) is 0 Å². The van der Waals surface area contributed by atoms with E-state index in [0.717, 1.165) is 10.7 Å². The molecule has 0 spiro atoms. The van der Waals surface area contributed by atoms with E-state index < -0.39 is 10.0 Å². The van der Waals surface area contributed by atoms with Crippen molar-refractivity contribution < 1.29 is 22.7 Å². The number of para-hydroxylation sites is 2. The zero-order chi connectivity index (χ0) is 24.0. The topological polar surface area (TPSA) is 84.9 Å². The van der Waals surface area contributed by atoms with E-state index in [1.54, 1.807) is 37.3 Å². The average molecular weight is 475 g/mol. The minimum atomic E-state index is -3.89. The number of carbonyl (C=O) groups is 1. The highest BCUT2D eigenvalue weighted by Crippen LogP contribution is 2.31. The van der Waals surface area contributed by atoms with Gasteiger partial charge in [-0.1, -0.05) is 38.0 Å². The molecule has 7 nitrogen and oxygen atoms in total. The van der Waals surface area contributed by atoms with Crippen molar-refractivity contribution in [3.63, 3.8) is 0 Å². The second-order valence-corrected chi connectivity index (χ2v) is 10.5. The molecule has 1 N–H and O–H groups in total. The summed E-state index contributed by atoms with van der Waals surface area (Å²) in [5, 5.41) is 2.86. The molecule has 1 saturated carbocycles. The van der Waals surface area contributed by atoms with E-state index in [4.69, 9.17) is 9.47 Å². The number of carbonyl (C=O) groups excluding carboxylic acids is 1. The van der Waals surface area contributed by atoms with Gasteiger partial charge in [0.15, 0.2) is 0 Å². The fourth-order valence-electron chi connectivity index (χ4n) is 4.18.